The van der Waals surface area contributed by atoms with Crippen LogP contribution in [0.4, 0.5) is 0 Å². The highest BCUT2D eigenvalue weighted by Gasteiger charge is 2.14. The molecular formula is C52H107NO6. The standard InChI is InChI=1S/C32H64O.C11H22O2.C8H19NO.CH2O2/c1-4-7-10-11-14-18-23-28-32(30-33)29-24-19-16-13-12-15-17-22-27-31(25-20-8-5-2)26-21-9-6-3;1-9(2)5-6-11(10(3)4)7-13-8-12;1-8(2)9(3)6-5-7-10-4;2-1-3/h30-32H,4-29H2,1-3H3;8-11H,5-7H2,1-4H3;8H,5-7H2,1-4H3;1H,(H,2,3). The smallest absolute Gasteiger partial charge is 0.293 e. The SMILES string of the molecule is CC(C)CCC(COC=O)C(C)C.CCCCCCCCCC(C=O)CCCCCCCCCCC(CCCCC)CCCCC.COCCCN(C)C(C)C.O=CO. The summed E-state index contributed by atoms with van der Waals surface area (Å²) in [6.07, 6.45) is 40.5. The first-order valence-electron chi connectivity index (χ1n) is 25.2. The molecule has 7 nitrogen and oxygen atoms in total. The minimum absolute atomic E-state index is 0.250. The summed E-state index contributed by atoms with van der Waals surface area (Å²) < 4.78 is 9.75. The van der Waals surface area contributed by atoms with Gasteiger partial charge in [-0.25, -0.2) is 0 Å². The zero-order valence-electron chi connectivity index (χ0n) is 41.8. The summed E-state index contributed by atoms with van der Waals surface area (Å²) in [5.41, 5.74) is 0. The van der Waals surface area contributed by atoms with Crippen molar-refractivity contribution in [2.45, 2.75) is 255 Å². The Morgan fingerprint density at radius 2 is 0.932 bits per heavy atom. The molecule has 0 saturated heterocycles. The largest absolute Gasteiger partial charge is 0.483 e. The van der Waals surface area contributed by atoms with Gasteiger partial charge in [0.2, 0.25) is 0 Å². The van der Waals surface area contributed by atoms with Crippen LogP contribution in [0.3, 0.4) is 0 Å². The number of carboxylic acid groups (broad SMARTS) is 1. The van der Waals surface area contributed by atoms with Crippen LogP contribution < -0.4 is 0 Å². The van der Waals surface area contributed by atoms with Gasteiger partial charge in [0.25, 0.3) is 12.9 Å². The van der Waals surface area contributed by atoms with E-state index in [4.69, 9.17) is 19.4 Å². The second-order valence-electron chi connectivity index (χ2n) is 18.5. The summed E-state index contributed by atoms with van der Waals surface area (Å²) in [7, 11) is 3.88. The van der Waals surface area contributed by atoms with Crippen molar-refractivity contribution < 1.29 is 29.0 Å². The van der Waals surface area contributed by atoms with Crippen LogP contribution in [0.5, 0.6) is 0 Å². The molecule has 2 atom stereocenters. The van der Waals surface area contributed by atoms with E-state index in [1.54, 1.807) is 7.11 Å². The summed E-state index contributed by atoms with van der Waals surface area (Å²) >= 11 is 0. The first-order chi connectivity index (χ1) is 28.4. The maximum absolute atomic E-state index is 11.4. The van der Waals surface area contributed by atoms with E-state index in [0.29, 0.717) is 36.9 Å². The molecule has 0 heterocycles. The molecule has 0 aromatic rings. The topological polar surface area (TPSA) is 93.1 Å². The highest BCUT2D eigenvalue weighted by atomic mass is 16.5. The molecule has 0 saturated carbocycles. The molecule has 0 fully saturated rings. The van der Waals surface area contributed by atoms with Crippen LogP contribution in [-0.2, 0) is 23.9 Å². The van der Waals surface area contributed by atoms with Crippen LogP contribution in [0, 0.1) is 29.6 Å². The van der Waals surface area contributed by atoms with Gasteiger partial charge in [-0.15, -0.1) is 0 Å². The third kappa shape index (κ3) is 56.5. The Kier molecular flexibility index (Phi) is 59.3. The number of nitrogens with zero attached hydrogens (tertiary/aromatic N) is 1. The summed E-state index contributed by atoms with van der Waals surface area (Å²) in [6.45, 7) is 23.0. The lowest BCUT2D eigenvalue weighted by molar-refractivity contribution is -0.130. The number of hydrogen-bond donors (Lipinski definition) is 1. The van der Waals surface area contributed by atoms with Crippen molar-refractivity contribution in [3.8, 4) is 0 Å². The van der Waals surface area contributed by atoms with E-state index >= 15 is 0 Å². The number of carbonyl (C=O) groups is 3. The fourth-order valence-corrected chi connectivity index (χ4v) is 7.38. The Hall–Kier alpha value is -1.47. The van der Waals surface area contributed by atoms with E-state index in [1.807, 2.05) is 0 Å². The molecule has 0 spiro atoms. The van der Waals surface area contributed by atoms with Crippen molar-refractivity contribution in [1.29, 1.82) is 0 Å². The number of aldehydes is 1. The number of ether oxygens (including phenoxy) is 2. The highest BCUT2D eigenvalue weighted by Crippen LogP contribution is 2.24. The molecule has 0 aromatic heterocycles. The molecule has 356 valence electrons. The molecule has 0 aliphatic heterocycles. The third-order valence-electron chi connectivity index (χ3n) is 11.9. The van der Waals surface area contributed by atoms with Gasteiger partial charge in [-0.1, -0.05) is 209 Å². The Bertz CT molecular complexity index is 781. The summed E-state index contributed by atoms with van der Waals surface area (Å²) in [5.74, 6) is 3.20. The van der Waals surface area contributed by atoms with E-state index in [9.17, 15) is 9.59 Å². The van der Waals surface area contributed by atoms with E-state index in [1.165, 1.54) is 167 Å². The Morgan fingerprint density at radius 1 is 0.542 bits per heavy atom. The lowest BCUT2D eigenvalue weighted by atomic mass is 9.89. The van der Waals surface area contributed by atoms with Crippen LogP contribution in [0.15, 0.2) is 0 Å². The summed E-state index contributed by atoms with van der Waals surface area (Å²) in [6, 6.07) is 0.650. The van der Waals surface area contributed by atoms with Gasteiger partial charge in [-0.3, -0.25) is 9.59 Å². The predicted molar refractivity (Wildman–Crippen MR) is 257 cm³/mol. The fourth-order valence-electron chi connectivity index (χ4n) is 7.38. The second kappa shape index (κ2) is 54.5. The van der Waals surface area contributed by atoms with Gasteiger partial charge in [-0.05, 0) is 70.3 Å². The zero-order valence-corrected chi connectivity index (χ0v) is 41.8. The average Bonchev–Trinajstić information content (AvgIpc) is 3.20. The normalized spacial score (nSPS) is 12.1. The molecule has 0 radical (unpaired) electrons. The summed E-state index contributed by atoms with van der Waals surface area (Å²) in [5, 5.41) is 6.89. The molecule has 0 aromatic carbocycles. The van der Waals surface area contributed by atoms with E-state index in [0.717, 1.165) is 50.7 Å². The maximum Gasteiger partial charge on any atom is 0.293 e. The zero-order chi connectivity index (χ0) is 45.2. The molecular weight excluding hydrogens is 735 g/mol. The number of hydrogen-bond acceptors (Lipinski definition) is 6. The first kappa shape index (κ1) is 64.2. The number of rotatable bonds is 40. The average molecular weight is 842 g/mol. The monoisotopic (exact) mass is 842 g/mol. The Labute approximate surface area is 370 Å². The minimum Gasteiger partial charge on any atom is -0.483 e. The van der Waals surface area contributed by atoms with Crippen molar-refractivity contribution in [2.75, 3.05) is 33.9 Å². The van der Waals surface area contributed by atoms with Crippen molar-refractivity contribution in [3.05, 3.63) is 0 Å². The lowest BCUT2D eigenvalue weighted by Crippen LogP contribution is -2.27. The minimum atomic E-state index is -0.250. The van der Waals surface area contributed by atoms with Gasteiger partial charge < -0.3 is 24.3 Å². The molecule has 0 amide bonds. The number of unbranched alkanes of at least 4 members (excludes halogenated alkanes) is 17. The van der Waals surface area contributed by atoms with Gasteiger partial charge in [0, 0.05) is 32.2 Å². The van der Waals surface area contributed by atoms with Crippen LogP contribution in [0.1, 0.15) is 249 Å². The van der Waals surface area contributed by atoms with Crippen LogP contribution in [0.2, 0.25) is 0 Å². The Morgan fingerprint density at radius 3 is 1.29 bits per heavy atom. The molecule has 0 rings (SSSR count). The van der Waals surface area contributed by atoms with Crippen LogP contribution >= 0.6 is 0 Å². The second-order valence-corrected chi connectivity index (χ2v) is 18.5. The van der Waals surface area contributed by atoms with Crippen molar-refractivity contribution in [3.63, 3.8) is 0 Å². The van der Waals surface area contributed by atoms with Crippen LogP contribution in [-0.4, -0.2) is 69.2 Å². The van der Waals surface area contributed by atoms with E-state index in [-0.39, 0.29) is 6.47 Å². The molecule has 59 heavy (non-hydrogen) atoms. The fraction of sp³-hybridized carbons (Fsp3) is 0.942. The third-order valence-corrected chi connectivity index (χ3v) is 11.9. The lowest BCUT2D eigenvalue weighted by Gasteiger charge is -2.20. The number of methoxy groups -OCH3 is 1. The van der Waals surface area contributed by atoms with Gasteiger partial charge >= 0.3 is 0 Å². The van der Waals surface area contributed by atoms with Crippen LogP contribution in [0.25, 0.3) is 0 Å². The van der Waals surface area contributed by atoms with E-state index in [2.05, 4.69) is 74.3 Å². The quantitative estimate of drug-likeness (QED) is 0.0485. The van der Waals surface area contributed by atoms with Gasteiger partial charge in [-0.2, -0.15) is 0 Å². The van der Waals surface area contributed by atoms with Crippen molar-refractivity contribution in [2.24, 2.45) is 29.6 Å². The molecule has 0 bridgehead atoms. The highest BCUT2D eigenvalue weighted by molar-refractivity contribution is 5.53. The van der Waals surface area contributed by atoms with E-state index < -0.39 is 0 Å². The van der Waals surface area contributed by atoms with Crippen molar-refractivity contribution in [1.82, 2.24) is 4.90 Å². The molecule has 7 heteroatoms. The van der Waals surface area contributed by atoms with Gasteiger partial charge in [0.05, 0.1) is 6.61 Å². The maximum atomic E-state index is 11.4. The summed E-state index contributed by atoms with van der Waals surface area (Å²) in [4.78, 5) is 32.1. The number of carbonyl (C=O) groups excluding carboxylic acids is 2. The predicted octanol–water partition coefficient (Wildman–Crippen LogP) is 15.6. The van der Waals surface area contributed by atoms with Gasteiger partial charge in [0.1, 0.15) is 6.29 Å². The Balaban J connectivity index is -0.000000471. The first-order valence-corrected chi connectivity index (χ1v) is 25.2. The molecule has 0 aliphatic rings. The molecule has 1 N–H and O–H groups in total. The van der Waals surface area contributed by atoms with Gasteiger partial charge in [0.15, 0.2) is 0 Å². The molecule has 2 unspecified atom stereocenters. The molecule has 0 aliphatic carbocycles. The van der Waals surface area contributed by atoms with Crippen molar-refractivity contribution >= 4 is 19.2 Å².